The van der Waals surface area contributed by atoms with Crippen molar-refractivity contribution in [2.45, 2.75) is 70.4 Å². The Balaban J connectivity index is 0.832. The molecule has 2 fully saturated rings. The van der Waals surface area contributed by atoms with Crippen LogP contribution in [-0.4, -0.2) is 60.1 Å². The zero-order valence-corrected chi connectivity index (χ0v) is 37.7. The third-order valence-corrected chi connectivity index (χ3v) is 13.9. The molecule has 1 amide bonds. The van der Waals surface area contributed by atoms with Crippen LogP contribution in [0, 0.1) is 23.1 Å². The fourth-order valence-electron chi connectivity index (χ4n) is 8.56. The Morgan fingerprint density at radius 2 is 1.66 bits per heavy atom. The van der Waals surface area contributed by atoms with E-state index in [2.05, 4.69) is 25.1 Å². The topological polar surface area (TPSA) is 169 Å². The number of piperidine rings is 1. The Morgan fingerprint density at radius 1 is 0.908 bits per heavy atom. The Morgan fingerprint density at radius 3 is 2.35 bits per heavy atom. The van der Waals surface area contributed by atoms with Gasteiger partial charge in [0.15, 0.2) is 11.5 Å². The maximum atomic E-state index is 15.7. The highest BCUT2D eigenvalue weighted by atomic mass is 35.5. The molecule has 1 aliphatic heterocycles. The number of carbonyl (C=O) groups excluding carboxylic acids is 1. The number of aromatic nitrogens is 3. The van der Waals surface area contributed by atoms with Crippen LogP contribution < -0.4 is 30.0 Å². The van der Waals surface area contributed by atoms with Gasteiger partial charge < -0.3 is 24.3 Å². The van der Waals surface area contributed by atoms with Gasteiger partial charge in [-0.05, 0) is 130 Å². The molecule has 13 nitrogen and oxygen atoms in total. The van der Waals surface area contributed by atoms with Gasteiger partial charge in [-0.3, -0.25) is 14.3 Å². The van der Waals surface area contributed by atoms with E-state index in [0.717, 1.165) is 58.0 Å². The highest BCUT2D eigenvalue weighted by Crippen LogP contribution is 2.39. The first kappa shape index (κ1) is 45.1. The zero-order chi connectivity index (χ0) is 45.7. The number of halogens is 2. The fourth-order valence-corrected chi connectivity index (χ4v) is 9.40. The summed E-state index contributed by atoms with van der Waals surface area (Å²) in [6.45, 7) is 3.09. The summed E-state index contributed by atoms with van der Waals surface area (Å²) in [4.78, 5) is 28.2. The number of pyridine rings is 1. The zero-order valence-electron chi connectivity index (χ0n) is 36.1. The van der Waals surface area contributed by atoms with Crippen LogP contribution >= 0.6 is 11.6 Å². The SMILES string of the molecule is CCS(=O)(=O)Nc1ccc(Oc2ccc(CCC3CCN(c4ccc(C(=O)NC5CCC(Oc6ccc(C#N)c(Cl)c6)CC5)nn4)CC3)c(F)c2)c(-c2cn(C)c(=O)c3ccccc23)c1. The maximum Gasteiger partial charge on any atom is 0.272 e. The van der Waals surface area contributed by atoms with Crippen molar-refractivity contribution in [3.63, 3.8) is 0 Å². The molecule has 8 rings (SSSR count). The standard InChI is InChI=1S/C49H49ClFN7O6S/c1-3-65(61,62)56-35-14-20-46(41(26-35)42-30-57(2)49(60)40-7-5-4-6-39(40)42)64-38-15-10-32(44(51)28-38)9-8-31-22-24-58(25-23-31)47-21-19-45(54-55-47)48(59)53-34-12-17-36(18-13-34)63-37-16-11-33(29-52)43(50)27-37/h4-7,10-11,14-16,19-21,26-28,30-31,34,36,56H,3,8-9,12-13,17-18,22-25H2,1-2H3,(H,53,59). The van der Waals surface area contributed by atoms with Gasteiger partial charge in [0.25, 0.3) is 11.5 Å². The molecule has 0 unspecified atom stereocenters. The summed E-state index contributed by atoms with van der Waals surface area (Å²) < 4.78 is 57.1. The third kappa shape index (κ3) is 10.7. The molecule has 1 aliphatic carbocycles. The minimum absolute atomic E-state index is 0.000494. The Hall–Kier alpha value is -6.50. The molecule has 2 N–H and O–H groups in total. The second kappa shape index (κ2) is 19.7. The molecule has 0 atom stereocenters. The minimum atomic E-state index is -3.58. The number of amides is 1. The molecule has 0 bridgehead atoms. The van der Waals surface area contributed by atoms with Gasteiger partial charge >= 0.3 is 0 Å². The van der Waals surface area contributed by atoms with Gasteiger partial charge in [0.2, 0.25) is 10.0 Å². The summed E-state index contributed by atoms with van der Waals surface area (Å²) in [7, 11) is -1.93. The van der Waals surface area contributed by atoms with Gasteiger partial charge in [0, 0.05) is 66.7 Å². The highest BCUT2D eigenvalue weighted by molar-refractivity contribution is 7.92. The molecule has 3 heterocycles. The van der Waals surface area contributed by atoms with Crippen molar-refractivity contribution in [2.24, 2.45) is 13.0 Å². The average molecular weight is 918 g/mol. The third-order valence-electron chi connectivity index (χ3n) is 12.3. The number of carbonyl (C=O) groups is 1. The summed E-state index contributed by atoms with van der Waals surface area (Å²) in [6.07, 6.45) is 7.94. The molecule has 16 heteroatoms. The van der Waals surface area contributed by atoms with Gasteiger partial charge in [-0.25, -0.2) is 12.8 Å². The quantitative estimate of drug-likeness (QED) is 0.108. The number of ether oxygens (including phenoxy) is 2. The molecule has 2 aliphatic rings. The molecular formula is C49H49ClFN7O6S. The van der Waals surface area contributed by atoms with E-state index in [4.69, 9.17) is 26.3 Å². The summed E-state index contributed by atoms with van der Waals surface area (Å²) in [5.41, 5.74) is 2.59. The first-order valence-corrected chi connectivity index (χ1v) is 23.8. The molecule has 4 aromatic carbocycles. The van der Waals surface area contributed by atoms with Crippen molar-refractivity contribution in [2.75, 3.05) is 28.5 Å². The Kier molecular flexibility index (Phi) is 13.7. The maximum absolute atomic E-state index is 15.7. The van der Waals surface area contributed by atoms with Crippen molar-refractivity contribution in [1.82, 2.24) is 20.1 Å². The summed E-state index contributed by atoms with van der Waals surface area (Å²) in [5.74, 6) is 1.63. The van der Waals surface area contributed by atoms with Crippen LogP contribution in [0.4, 0.5) is 15.9 Å². The van der Waals surface area contributed by atoms with Crippen LogP contribution in [0.15, 0.2) is 102 Å². The van der Waals surface area contributed by atoms with Gasteiger partial charge in [-0.1, -0.05) is 35.9 Å². The largest absolute Gasteiger partial charge is 0.490 e. The second-order valence-corrected chi connectivity index (χ2v) is 19.1. The predicted octanol–water partition coefficient (Wildman–Crippen LogP) is 9.18. The Bertz CT molecular complexity index is 2930. The lowest BCUT2D eigenvalue weighted by Crippen LogP contribution is -2.40. The van der Waals surface area contributed by atoms with E-state index in [1.807, 2.05) is 24.3 Å². The van der Waals surface area contributed by atoms with Crippen LogP contribution in [0.25, 0.3) is 21.9 Å². The molecule has 0 radical (unpaired) electrons. The summed E-state index contributed by atoms with van der Waals surface area (Å²) >= 11 is 6.15. The van der Waals surface area contributed by atoms with Crippen LogP contribution in [0.1, 0.15) is 73.5 Å². The van der Waals surface area contributed by atoms with E-state index < -0.39 is 10.0 Å². The predicted molar refractivity (Wildman–Crippen MR) is 250 cm³/mol. The van der Waals surface area contributed by atoms with E-state index in [1.54, 1.807) is 86.9 Å². The number of hydrogen-bond donors (Lipinski definition) is 2. The highest BCUT2D eigenvalue weighted by Gasteiger charge is 2.26. The summed E-state index contributed by atoms with van der Waals surface area (Å²) in [6, 6.07) is 27.6. The number of nitriles is 1. The number of sulfonamides is 1. The lowest BCUT2D eigenvalue weighted by Gasteiger charge is -2.32. The van der Waals surface area contributed by atoms with Gasteiger partial charge in [-0.2, -0.15) is 5.26 Å². The van der Waals surface area contributed by atoms with Crippen LogP contribution in [-0.2, 0) is 23.5 Å². The number of fused-ring (bicyclic) bond motifs is 1. The van der Waals surface area contributed by atoms with Crippen molar-refractivity contribution in [1.29, 1.82) is 5.26 Å². The first-order chi connectivity index (χ1) is 31.4. The normalized spacial score (nSPS) is 16.8. The molecule has 6 aromatic rings. The van der Waals surface area contributed by atoms with E-state index in [0.29, 0.717) is 73.4 Å². The number of hydrogen-bond acceptors (Lipinski definition) is 10. The van der Waals surface area contributed by atoms with Crippen molar-refractivity contribution < 1.29 is 27.1 Å². The van der Waals surface area contributed by atoms with E-state index in [-0.39, 0.29) is 46.6 Å². The summed E-state index contributed by atoms with van der Waals surface area (Å²) in [5, 5.41) is 22.4. The van der Waals surface area contributed by atoms with Gasteiger partial charge in [0.1, 0.15) is 29.1 Å². The number of anilines is 2. The van der Waals surface area contributed by atoms with Crippen LogP contribution in [0.3, 0.4) is 0 Å². The fraction of sp³-hybridized carbons (Fsp3) is 0.327. The van der Waals surface area contributed by atoms with Crippen molar-refractivity contribution in [3.05, 3.63) is 135 Å². The van der Waals surface area contributed by atoms with Crippen molar-refractivity contribution >= 4 is 49.8 Å². The van der Waals surface area contributed by atoms with Gasteiger partial charge in [0.05, 0.1) is 22.4 Å². The number of rotatable bonds is 14. The molecule has 65 heavy (non-hydrogen) atoms. The lowest BCUT2D eigenvalue weighted by molar-refractivity contribution is 0.0888. The molecule has 2 aromatic heterocycles. The number of nitrogens with one attached hydrogen (secondary N) is 2. The smallest absolute Gasteiger partial charge is 0.272 e. The molecular weight excluding hydrogens is 869 g/mol. The van der Waals surface area contributed by atoms with Crippen LogP contribution in [0.5, 0.6) is 17.2 Å². The average Bonchev–Trinajstić information content (AvgIpc) is 3.31. The van der Waals surface area contributed by atoms with E-state index in [1.165, 1.54) is 10.6 Å². The molecule has 0 spiro atoms. The molecule has 1 saturated heterocycles. The second-order valence-electron chi connectivity index (χ2n) is 16.6. The number of nitrogens with zero attached hydrogens (tertiary/aromatic N) is 5. The monoisotopic (exact) mass is 917 g/mol. The number of aryl methyl sites for hydroxylation is 2. The molecule has 336 valence electrons. The minimum Gasteiger partial charge on any atom is -0.490 e. The van der Waals surface area contributed by atoms with E-state index in [9.17, 15) is 18.0 Å². The van der Waals surface area contributed by atoms with Crippen LogP contribution in [0.2, 0.25) is 5.02 Å². The molecule has 1 saturated carbocycles. The lowest BCUT2D eigenvalue weighted by atomic mass is 9.90. The Labute approximate surface area is 382 Å². The van der Waals surface area contributed by atoms with Crippen molar-refractivity contribution in [3.8, 4) is 34.4 Å². The first-order valence-electron chi connectivity index (χ1n) is 21.8. The van der Waals surface area contributed by atoms with E-state index >= 15 is 4.39 Å². The number of benzene rings is 4. The van der Waals surface area contributed by atoms with Gasteiger partial charge in [-0.15, -0.1) is 10.2 Å².